The first-order valence-electron chi connectivity index (χ1n) is 3.78. The highest BCUT2D eigenvalue weighted by molar-refractivity contribution is 7.89. The van der Waals surface area contributed by atoms with E-state index in [1.807, 2.05) is 0 Å². The normalized spacial score (nSPS) is 11.6. The predicted molar refractivity (Wildman–Crippen MR) is 50.4 cm³/mol. The zero-order valence-electron chi connectivity index (χ0n) is 7.32. The molecule has 0 aliphatic heterocycles. The zero-order chi connectivity index (χ0) is 10.1. The van der Waals surface area contributed by atoms with Crippen LogP contribution in [-0.4, -0.2) is 8.42 Å². The van der Waals surface area contributed by atoms with Gasteiger partial charge in [-0.05, 0) is 24.1 Å². The molecule has 1 aromatic rings. The van der Waals surface area contributed by atoms with Gasteiger partial charge in [0.05, 0.1) is 4.90 Å². The molecule has 1 aromatic carbocycles. The molecule has 4 N–H and O–H groups in total. The fourth-order valence-corrected chi connectivity index (χ4v) is 2.02. The maximum absolute atomic E-state index is 11.1. The van der Waals surface area contributed by atoms with Gasteiger partial charge in [0.25, 0.3) is 0 Å². The Morgan fingerprint density at radius 2 is 2.00 bits per heavy atom. The Bertz CT molecular complexity index is 412. The SMILES string of the molecule is Cc1c(CN)cccc1S(N)(=O)=O. The number of rotatable bonds is 2. The number of hydrogen-bond donors (Lipinski definition) is 2. The van der Waals surface area contributed by atoms with Crippen molar-refractivity contribution in [3.63, 3.8) is 0 Å². The Kier molecular flexibility index (Phi) is 2.70. The summed E-state index contributed by atoms with van der Waals surface area (Å²) in [5, 5.41) is 5.01. The molecule has 0 atom stereocenters. The third-order valence-electron chi connectivity index (χ3n) is 1.92. The molecule has 0 unspecified atom stereocenters. The Balaban J connectivity index is 3.41. The Labute approximate surface area is 77.6 Å². The lowest BCUT2D eigenvalue weighted by Crippen LogP contribution is -2.15. The summed E-state index contributed by atoms with van der Waals surface area (Å²) in [6.07, 6.45) is 0. The van der Waals surface area contributed by atoms with Gasteiger partial charge in [0.1, 0.15) is 0 Å². The van der Waals surface area contributed by atoms with Gasteiger partial charge < -0.3 is 5.73 Å². The molecule has 0 bridgehead atoms. The van der Waals surface area contributed by atoms with Gasteiger partial charge in [-0.15, -0.1) is 0 Å². The van der Waals surface area contributed by atoms with Crippen molar-refractivity contribution in [3.05, 3.63) is 29.3 Å². The molecular weight excluding hydrogens is 188 g/mol. The number of benzene rings is 1. The lowest BCUT2D eigenvalue weighted by molar-refractivity contribution is 0.597. The van der Waals surface area contributed by atoms with Crippen molar-refractivity contribution in [3.8, 4) is 0 Å². The van der Waals surface area contributed by atoms with E-state index in [0.717, 1.165) is 5.56 Å². The second-order valence-corrected chi connectivity index (χ2v) is 4.32. The van der Waals surface area contributed by atoms with Crippen molar-refractivity contribution in [2.45, 2.75) is 18.4 Å². The van der Waals surface area contributed by atoms with E-state index in [1.54, 1.807) is 19.1 Å². The summed E-state index contributed by atoms with van der Waals surface area (Å²) in [6, 6.07) is 4.89. The molecule has 72 valence electrons. The highest BCUT2D eigenvalue weighted by atomic mass is 32.2. The highest BCUT2D eigenvalue weighted by Crippen LogP contribution is 2.16. The fourth-order valence-electron chi connectivity index (χ4n) is 1.19. The van der Waals surface area contributed by atoms with Crippen molar-refractivity contribution in [1.29, 1.82) is 0 Å². The van der Waals surface area contributed by atoms with Gasteiger partial charge in [0.15, 0.2) is 0 Å². The van der Waals surface area contributed by atoms with E-state index in [-0.39, 0.29) is 4.90 Å². The van der Waals surface area contributed by atoms with Crippen molar-refractivity contribution in [2.75, 3.05) is 0 Å². The summed E-state index contributed by atoms with van der Waals surface area (Å²) in [4.78, 5) is 0.149. The van der Waals surface area contributed by atoms with Crippen LogP contribution >= 0.6 is 0 Å². The van der Waals surface area contributed by atoms with Crippen LogP contribution in [0.3, 0.4) is 0 Å². The number of primary sulfonamides is 1. The van der Waals surface area contributed by atoms with E-state index in [1.165, 1.54) is 6.07 Å². The van der Waals surface area contributed by atoms with E-state index in [2.05, 4.69) is 0 Å². The summed E-state index contributed by atoms with van der Waals surface area (Å²) in [5.74, 6) is 0. The lowest BCUT2D eigenvalue weighted by atomic mass is 10.1. The van der Waals surface area contributed by atoms with Crippen LogP contribution in [0, 0.1) is 6.92 Å². The van der Waals surface area contributed by atoms with Crippen LogP contribution in [0.4, 0.5) is 0 Å². The van der Waals surface area contributed by atoms with Crippen LogP contribution in [0.5, 0.6) is 0 Å². The predicted octanol–water partition coefficient (Wildman–Crippen LogP) is 0.101. The molecule has 0 aliphatic carbocycles. The second-order valence-electron chi connectivity index (χ2n) is 2.79. The van der Waals surface area contributed by atoms with Crippen molar-refractivity contribution in [2.24, 2.45) is 10.9 Å². The molecule has 5 heteroatoms. The minimum atomic E-state index is -3.62. The van der Waals surface area contributed by atoms with Gasteiger partial charge in [0, 0.05) is 6.54 Å². The van der Waals surface area contributed by atoms with Crippen LogP contribution < -0.4 is 10.9 Å². The standard InChI is InChI=1S/C8H12N2O2S/c1-6-7(5-9)3-2-4-8(6)13(10,11)12/h2-4H,5,9H2,1H3,(H2,10,11,12). The maximum Gasteiger partial charge on any atom is 0.238 e. The van der Waals surface area contributed by atoms with Crippen LogP contribution in [0.1, 0.15) is 11.1 Å². The molecule has 0 radical (unpaired) electrons. The number of nitrogens with two attached hydrogens (primary N) is 2. The number of sulfonamides is 1. The maximum atomic E-state index is 11.1. The molecule has 4 nitrogen and oxygen atoms in total. The van der Waals surface area contributed by atoms with Crippen LogP contribution in [0.2, 0.25) is 0 Å². The third-order valence-corrected chi connectivity index (χ3v) is 2.98. The first kappa shape index (κ1) is 10.2. The Hall–Kier alpha value is -0.910. The first-order valence-corrected chi connectivity index (χ1v) is 5.33. The molecule has 0 fully saturated rings. The average Bonchev–Trinajstić information content (AvgIpc) is 2.02. The van der Waals surface area contributed by atoms with Gasteiger partial charge in [-0.3, -0.25) is 0 Å². The summed E-state index contributed by atoms with van der Waals surface area (Å²) < 4.78 is 22.1. The highest BCUT2D eigenvalue weighted by Gasteiger charge is 2.12. The molecule has 13 heavy (non-hydrogen) atoms. The molecule has 0 spiro atoms. The largest absolute Gasteiger partial charge is 0.326 e. The summed E-state index contributed by atoms with van der Waals surface area (Å²) in [6.45, 7) is 2.01. The Morgan fingerprint density at radius 3 is 2.46 bits per heavy atom. The molecule has 0 aromatic heterocycles. The number of hydrogen-bond acceptors (Lipinski definition) is 3. The van der Waals surface area contributed by atoms with E-state index < -0.39 is 10.0 Å². The van der Waals surface area contributed by atoms with Crippen LogP contribution in [0.15, 0.2) is 23.1 Å². The molecule has 0 amide bonds. The molecule has 0 aliphatic rings. The van der Waals surface area contributed by atoms with E-state index in [9.17, 15) is 8.42 Å². The Morgan fingerprint density at radius 1 is 1.38 bits per heavy atom. The summed E-state index contributed by atoms with van der Waals surface area (Å²) in [7, 11) is -3.62. The van der Waals surface area contributed by atoms with Gasteiger partial charge >= 0.3 is 0 Å². The summed E-state index contributed by atoms with van der Waals surface area (Å²) >= 11 is 0. The monoisotopic (exact) mass is 200 g/mol. The molecule has 0 saturated heterocycles. The van der Waals surface area contributed by atoms with Crippen molar-refractivity contribution >= 4 is 10.0 Å². The molecule has 0 heterocycles. The molecular formula is C8H12N2O2S. The van der Waals surface area contributed by atoms with Crippen molar-refractivity contribution < 1.29 is 8.42 Å². The van der Waals surface area contributed by atoms with Crippen LogP contribution in [-0.2, 0) is 16.6 Å². The van der Waals surface area contributed by atoms with E-state index in [0.29, 0.717) is 12.1 Å². The van der Waals surface area contributed by atoms with E-state index >= 15 is 0 Å². The van der Waals surface area contributed by atoms with Crippen LogP contribution in [0.25, 0.3) is 0 Å². The van der Waals surface area contributed by atoms with Gasteiger partial charge in [-0.2, -0.15) is 0 Å². The quantitative estimate of drug-likeness (QED) is 0.710. The minimum absolute atomic E-state index is 0.149. The lowest BCUT2D eigenvalue weighted by Gasteiger charge is -2.07. The zero-order valence-corrected chi connectivity index (χ0v) is 8.14. The summed E-state index contributed by atoms with van der Waals surface area (Å²) in [5.41, 5.74) is 6.86. The van der Waals surface area contributed by atoms with Gasteiger partial charge in [-0.25, -0.2) is 13.6 Å². The third kappa shape index (κ3) is 2.06. The van der Waals surface area contributed by atoms with Crippen molar-refractivity contribution in [1.82, 2.24) is 0 Å². The van der Waals surface area contributed by atoms with Gasteiger partial charge in [0.2, 0.25) is 10.0 Å². The van der Waals surface area contributed by atoms with E-state index in [4.69, 9.17) is 10.9 Å². The second kappa shape index (κ2) is 3.45. The van der Waals surface area contributed by atoms with Gasteiger partial charge in [-0.1, -0.05) is 12.1 Å². The topological polar surface area (TPSA) is 86.2 Å². The minimum Gasteiger partial charge on any atom is -0.326 e. The smallest absolute Gasteiger partial charge is 0.238 e. The fraction of sp³-hybridized carbons (Fsp3) is 0.250. The average molecular weight is 200 g/mol. The molecule has 0 saturated carbocycles. The molecule has 1 rings (SSSR count). The first-order chi connectivity index (χ1) is 5.96.